The number of ketones is 1. The van der Waals surface area contributed by atoms with Gasteiger partial charge >= 0.3 is 5.97 Å². The monoisotopic (exact) mass is 382 g/mol. The van der Waals surface area contributed by atoms with Gasteiger partial charge in [0.25, 0.3) is 5.91 Å². The highest BCUT2D eigenvalue weighted by atomic mass is 19.1. The third-order valence-corrected chi connectivity index (χ3v) is 4.36. The standard InChI is InChI=1S/C21H19FN2O4/c1-2-13-6-5-8-14-16(10-23-20(13)14)18(25)12-28-19(26)11-24-21(27)15-7-3-4-9-17(15)22/h3-10,23H,2,11-12H2,1H3,(H,24,27). The summed E-state index contributed by atoms with van der Waals surface area (Å²) >= 11 is 0. The Morgan fingerprint density at radius 1 is 1.07 bits per heavy atom. The van der Waals surface area contributed by atoms with Gasteiger partial charge in [0.2, 0.25) is 5.78 Å². The highest BCUT2D eigenvalue weighted by Gasteiger charge is 2.17. The SMILES string of the molecule is CCc1cccc2c(C(=O)COC(=O)CNC(=O)c3ccccc3F)c[nH]c12. The Hall–Kier alpha value is -3.48. The number of H-pyrrole nitrogens is 1. The number of halogens is 1. The molecule has 0 aliphatic heterocycles. The number of hydrogen-bond acceptors (Lipinski definition) is 4. The minimum absolute atomic E-state index is 0.170. The van der Waals surface area contributed by atoms with Crippen molar-refractivity contribution in [1.29, 1.82) is 0 Å². The van der Waals surface area contributed by atoms with Gasteiger partial charge in [-0.05, 0) is 24.1 Å². The summed E-state index contributed by atoms with van der Waals surface area (Å²) in [6, 6.07) is 11.1. The van der Waals surface area contributed by atoms with Crippen LogP contribution in [0.1, 0.15) is 33.2 Å². The first-order chi connectivity index (χ1) is 13.5. The molecule has 0 fully saturated rings. The van der Waals surface area contributed by atoms with Gasteiger partial charge in [0.05, 0.1) is 5.56 Å². The molecule has 144 valence electrons. The predicted molar refractivity (Wildman–Crippen MR) is 102 cm³/mol. The molecule has 1 amide bonds. The van der Waals surface area contributed by atoms with Crippen LogP contribution in [0.4, 0.5) is 4.39 Å². The number of rotatable bonds is 7. The number of aromatic amines is 1. The molecule has 1 heterocycles. The number of ether oxygens (including phenoxy) is 1. The van der Waals surface area contributed by atoms with Crippen LogP contribution in [0, 0.1) is 5.82 Å². The maximum atomic E-state index is 13.5. The highest BCUT2D eigenvalue weighted by molar-refractivity contribution is 6.09. The molecule has 0 aliphatic carbocycles. The number of aryl methyl sites for hydroxylation is 1. The predicted octanol–water partition coefficient (Wildman–Crippen LogP) is 3.03. The van der Waals surface area contributed by atoms with Crippen molar-refractivity contribution in [3.05, 3.63) is 71.2 Å². The molecule has 6 nitrogen and oxygen atoms in total. The Bertz CT molecular complexity index is 1040. The van der Waals surface area contributed by atoms with E-state index in [0.29, 0.717) is 5.56 Å². The average Bonchev–Trinajstić information content (AvgIpc) is 3.15. The molecule has 1 aromatic heterocycles. The van der Waals surface area contributed by atoms with E-state index in [9.17, 15) is 18.8 Å². The van der Waals surface area contributed by atoms with Gasteiger partial charge in [-0.2, -0.15) is 0 Å². The number of fused-ring (bicyclic) bond motifs is 1. The Balaban J connectivity index is 1.56. The van der Waals surface area contributed by atoms with Crippen LogP contribution in [0.2, 0.25) is 0 Å². The summed E-state index contributed by atoms with van der Waals surface area (Å²) in [5, 5.41) is 3.04. The molecular weight excluding hydrogens is 363 g/mol. The van der Waals surface area contributed by atoms with Crippen molar-refractivity contribution in [3.8, 4) is 0 Å². The fourth-order valence-corrected chi connectivity index (χ4v) is 2.91. The van der Waals surface area contributed by atoms with Crippen molar-refractivity contribution in [2.75, 3.05) is 13.2 Å². The van der Waals surface area contributed by atoms with Gasteiger partial charge in [-0.1, -0.05) is 37.3 Å². The van der Waals surface area contributed by atoms with E-state index in [0.717, 1.165) is 29.0 Å². The number of amides is 1. The summed E-state index contributed by atoms with van der Waals surface area (Å²) in [5.41, 5.74) is 2.24. The topological polar surface area (TPSA) is 88.3 Å². The number of hydrogen-bond donors (Lipinski definition) is 2. The largest absolute Gasteiger partial charge is 0.456 e. The smallest absolute Gasteiger partial charge is 0.325 e. The minimum Gasteiger partial charge on any atom is -0.456 e. The van der Waals surface area contributed by atoms with Crippen molar-refractivity contribution in [3.63, 3.8) is 0 Å². The Morgan fingerprint density at radius 2 is 1.86 bits per heavy atom. The van der Waals surface area contributed by atoms with E-state index in [1.807, 2.05) is 25.1 Å². The number of benzene rings is 2. The molecule has 2 aromatic carbocycles. The van der Waals surface area contributed by atoms with Gasteiger partial charge < -0.3 is 15.0 Å². The molecule has 0 saturated heterocycles. The lowest BCUT2D eigenvalue weighted by molar-refractivity contribution is -0.141. The molecule has 2 N–H and O–H groups in total. The molecule has 3 aromatic rings. The van der Waals surface area contributed by atoms with E-state index in [1.54, 1.807) is 6.20 Å². The summed E-state index contributed by atoms with van der Waals surface area (Å²) in [7, 11) is 0. The normalized spacial score (nSPS) is 10.6. The summed E-state index contributed by atoms with van der Waals surface area (Å²) in [6.45, 7) is 1.11. The second-order valence-corrected chi connectivity index (χ2v) is 6.14. The van der Waals surface area contributed by atoms with Gasteiger partial charge in [-0.3, -0.25) is 14.4 Å². The van der Waals surface area contributed by atoms with Crippen molar-refractivity contribution < 1.29 is 23.5 Å². The molecule has 3 rings (SSSR count). The Kier molecular flexibility index (Phi) is 5.84. The van der Waals surface area contributed by atoms with Crippen molar-refractivity contribution in [2.24, 2.45) is 0 Å². The number of para-hydroxylation sites is 1. The zero-order chi connectivity index (χ0) is 20.1. The summed E-state index contributed by atoms with van der Waals surface area (Å²) < 4.78 is 18.5. The highest BCUT2D eigenvalue weighted by Crippen LogP contribution is 2.22. The number of Topliss-reactive ketones (excluding diaryl/α,β-unsaturated/α-hetero) is 1. The second-order valence-electron chi connectivity index (χ2n) is 6.14. The Morgan fingerprint density at radius 3 is 2.61 bits per heavy atom. The number of nitrogens with one attached hydrogen (secondary N) is 2. The van der Waals surface area contributed by atoms with E-state index < -0.39 is 30.8 Å². The van der Waals surface area contributed by atoms with Gasteiger partial charge in [0.15, 0.2) is 6.61 Å². The number of esters is 1. The first kappa shape index (κ1) is 19.3. The molecule has 28 heavy (non-hydrogen) atoms. The van der Waals surface area contributed by atoms with Crippen LogP contribution in [0.25, 0.3) is 10.9 Å². The maximum absolute atomic E-state index is 13.5. The number of aromatic nitrogens is 1. The lowest BCUT2D eigenvalue weighted by Gasteiger charge is -2.07. The minimum atomic E-state index is -0.785. The van der Waals surface area contributed by atoms with Crippen LogP contribution < -0.4 is 5.32 Å². The lowest BCUT2D eigenvalue weighted by Crippen LogP contribution is -2.32. The molecule has 0 bridgehead atoms. The molecule has 0 radical (unpaired) electrons. The van der Waals surface area contributed by atoms with E-state index in [4.69, 9.17) is 4.74 Å². The Labute approximate surface area is 160 Å². The quantitative estimate of drug-likeness (QED) is 0.486. The van der Waals surface area contributed by atoms with Crippen LogP contribution in [0.15, 0.2) is 48.7 Å². The summed E-state index contributed by atoms with van der Waals surface area (Å²) in [6.07, 6.45) is 2.42. The van der Waals surface area contributed by atoms with Gasteiger partial charge in [-0.25, -0.2) is 4.39 Å². The second kappa shape index (κ2) is 8.47. The molecule has 0 unspecified atom stereocenters. The fraction of sp³-hybridized carbons (Fsp3) is 0.190. The first-order valence-electron chi connectivity index (χ1n) is 8.81. The maximum Gasteiger partial charge on any atom is 0.325 e. The van der Waals surface area contributed by atoms with Crippen LogP contribution in [-0.2, 0) is 16.0 Å². The van der Waals surface area contributed by atoms with E-state index in [1.165, 1.54) is 18.2 Å². The molecule has 0 spiro atoms. The molecular formula is C21H19FN2O4. The number of carbonyl (C=O) groups is 3. The van der Waals surface area contributed by atoms with Crippen LogP contribution >= 0.6 is 0 Å². The van der Waals surface area contributed by atoms with Crippen molar-refractivity contribution in [2.45, 2.75) is 13.3 Å². The zero-order valence-electron chi connectivity index (χ0n) is 15.3. The third-order valence-electron chi connectivity index (χ3n) is 4.36. The molecule has 0 aliphatic rings. The van der Waals surface area contributed by atoms with Crippen molar-refractivity contribution in [1.82, 2.24) is 10.3 Å². The van der Waals surface area contributed by atoms with E-state index in [-0.39, 0.29) is 11.3 Å². The first-order valence-corrected chi connectivity index (χ1v) is 8.81. The van der Waals surface area contributed by atoms with Crippen LogP contribution in [0.3, 0.4) is 0 Å². The number of carbonyl (C=O) groups excluding carboxylic acids is 3. The average molecular weight is 382 g/mol. The van der Waals surface area contributed by atoms with Crippen LogP contribution in [-0.4, -0.2) is 35.8 Å². The van der Waals surface area contributed by atoms with Gasteiger partial charge in [0.1, 0.15) is 12.4 Å². The molecule has 7 heteroatoms. The van der Waals surface area contributed by atoms with Crippen molar-refractivity contribution >= 4 is 28.6 Å². The van der Waals surface area contributed by atoms with E-state index in [2.05, 4.69) is 10.3 Å². The fourth-order valence-electron chi connectivity index (χ4n) is 2.91. The zero-order valence-corrected chi connectivity index (χ0v) is 15.3. The van der Waals surface area contributed by atoms with Gasteiger partial charge in [0, 0.05) is 22.7 Å². The third kappa shape index (κ3) is 4.09. The van der Waals surface area contributed by atoms with Gasteiger partial charge in [-0.15, -0.1) is 0 Å². The van der Waals surface area contributed by atoms with Crippen LogP contribution in [0.5, 0.6) is 0 Å². The molecule has 0 atom stereocenters. The molecule has 0 saturated carbocycles. The summed E-state index contributed by atoms with van der Waals surface area (Å²) in [5.74, 6) is -2.56. The van der Waals surface area contributed by atoms with E-state index >= 15 is 0 Å². The summed E-state index contributed by atoms with van der Waals surface area (Å²) in [4.78, 5) is 39.2. The lowest BCUT2D eigenvalue weighted by atomic mass is 10.1.